The number of carbonyl (C=O) groups excluding carboxylic acids is 1. The van der Waals surface area contributed by atoms with E-state index in [1.807, 2.05) is 27.7 Å². The van der Waals surface area contributed by atoms with Crippen molar-refractivity contribution in [2.45, 2.75) is 76.3 Å². The average Bonchev–Trinajstić information content (AvgIpc) is 2.25. The maximum atomic E-state index is 11.9. The van der Waals surface area contributed by atoms with Crippen LogP contribution in [0, 0.1) is 10.8 Å². The Morgan fingerprint density at radius 1 is 1.35 bits per heavy atom. The fourth-order valence-corrected chi connectivity index (χ4v) is 2.33. The molecule has 0 bridgehead atoms. The third kappa shape index (κ3) is 11.6. The molecule has 0 aliphatic carbocycles. The maximum Gasteiger partial charge on any atom is 0.220 e. The largest absolute Gasteiger partial charge is 0.351 e. The lowest BCUT2D eigenvalue weighted by Gasteiger charge is -2.30. The molecule has 0 saturated heterocycles. The van der Waals surface area contributed by atoms with E-state index in [9.17, 15) is 4.79 Å². The second-order valence-electron chi connectivity index (χ2n) is 6.52. The summed E-state index contributed by atoms with van der Waals surface area (Å²) < 4.78 is 0. The molecule has 0 heterocycles. The van der Waals surface area contributed by atoms with Crippen molar-refractivity contribution >= 4 is 33.4 Å². The molecular weight excluding hydrogens is 340 g/mol. The normalized spacial score (nSPS) is 13.3. The van der Waals surface area contributed by atoms with Crippen LogP contribution in [0.2, 0.25) is 0 Å². The van der Waals surface area contributed by atoms with Gasteiger partial charge in [-0.2, -0.15) is 0 Å². The average molecular weight is 366 g/mol. The first-order valence-corrected chi connectivity index (χ1v) is 8.14. The van der Waals surface area contributed by atoms with Crippen molar-refractivity contribution < 1.29 is 4.79 Å². The van der Waals surface area contributed by atoms with Crippen LogP contribution in [-0.2, 0) is 4.79 Å². The highest BCUT2D eigenvalue weighted by atomic mass is 79.9. The van der Waals surface area contributed by atoms with Crippen LogP contribution < -0.4 is 11.1 Å². The lowest BCUT2D eigenvalue weighted by molar-refractivity contribution is -0.122. The molecule has 1 amide bonds. The van der Waals surface area contributed by atoms with Crippen molar-refractivity contribution in [3.05, 3.63) is 0 Å². The first-order valence-electron chi connectivity index (χ1n) is 6.91. The highest BCUT2D eigenvalue weighted by Crippen LogP contribution is 2.17. The molecular formula is C15H26BrClN2O. The molecule has 0 aromatic carbocycles. The van der Waals surface area contributed by atoms with Crippen LogP contribution in [-0.4, -0.2) is 22.4 Å². The number of hydrogen-bond acceptors (Lipinski definition) is 2. The number of carbonyl (C=O) groups is 1. The van der Waals surface area contributed by atoms with E-state index in [1.165, 1.54) is 0 Å². The number of hydrogen-bond donors (Lipinski definition) is 2. The summed E-state index contributed by atoms with van der Waals surface area (Å²) in [5, 5.41) is 2.85. The molecule has 0 aromatic heterocycles. The third-order valence-electron chi connectivity index (χ3n) is 2.94. The van der Waals surface area contributed by atoms with Gasteiger partial charge in [0.1, 0.15) is 0 Å². The fourth-order valence-electron chi connectivity index (χ4n) is 1.71. The van der Waals surface area contributed by atoms with Gasteiger partial charge < -0.3 is 11.1 Å². The van der Waals surface area contributed by atoms with E-state index in [-0.39, 0.29) is 22.4 Å². The Morgan fingerprint density at radius 2 is 1.95 bits per heavy atom. The molecule has 0 saturated carbocycles. The van der Waals surface area contributed by atoms with Crippen LogP contribution in [0.1, 0.15) is 59.8 Å². The van der Waals surface area contributed by atoms with Gasteiger partial charge in [-0.3, -0.25) is 4.79 Å². The first-order chi connectivity index (χ1) is 9.06. The Hall–Kier alpha value is -0.240. The Kier molecular flexibility index (Phi) is 8.81. The fraction of sp³-hybridized carbons (Fsp3) is 0.800. The van der Waals surface area contributed by atoms with Crippen molar-refractivity contribution in [3.8, 4) is 10.8 Å². The molecule has 0 radical (unpaired) electrons. The molecule has 3 N–H and O–H groups in total. The number of amides is 1. The Morgan fingerprint density at radius 3 is 2.45 bits per heavy atom. The van der Waals surface area contributed by atoms with Gasteiger partial charge in [0, 0.05) is 33.4 Å². The van der Waals surface area contributed by atoms with Crippen LogP contribution in [0.25, 0.3) is 0 Å². The second-order valence-corrected chi connectivity index (χ2v) is 7.44. The van der Waals surface area contributed by atoms with Crippen molar-refractivity contribution in [3.63, 3.8) is 0 Å². The van der Waals surface area contributed by atoms with Crippen molar-refractivity contribution in [2.24, 2.45) is 5.73 Å². The van der Waals surface area contributed by atoms with E-state index < -0.39 is 0 Å². The summed E-state index contributed by atoms with van der Waals surface area (Å²) in [4.78, 5) is 14.5. The molecule has 1 atom stereocenters. The van der Waals surface area contributed by atoms with Gasteiger partial charge in [-0.25, -0.2) is 0 Å². The number of alkyl halides is 1. The zero-order valence-electron chi connectivity index (χ0n) is 12.9. The lowest BCUT2D eigenvalue weighted by atomic mass is 9.90. The summed E-state index contributed by atoms with van der Waals surface area (Å²) in [5.74, 6) is 2.85. The van der Waals surface area contributed by atoms with Crippen molar-refractivity contribution in [1.29, 1.82) is 0 Å². The number of nitrogens with one attached hydrogen (secondary N) is 1. The summed E-state index contributed by atoms with van der Waals surface area (Å²) in [7, 11) is 0. The molecule has 0 fully saturated rings. The molecule has 20 heavy (non-hydrogen) atoms. The van der Waals surface area contributed by atoms with Crippen LogP contribution in [0.5, 0.6) is 0 Å². The summed E-state index contributed by atoms with van der Waals surface area (Å²) in [6.07, 6.45) is 3.65. The van der Waals surface area contributed by atoms with Crippen molar-refractivity contribution in [1.82, 2.24) is 5.32 Å². The lowest BCUT2D eigenvalue weighted by Crippen LogP contribution is -2.45. The van der Waals surface area contributed by atoms with E-state index in [0.717, 1.165) is 19.3 Å². The van der Waals surface area contributed by atoms with E-state index in [4.69, 9.17) is 17.3 Å². The molecule has 5 heteroatoms. The molecule has 0 aromatic rings. The van der Waals surface area contributed by atoms with E-state index in [0.29, 0.717) is 12.8 Å². The predicted octanol–water partition coefficient (Wildman–Crippen LogP) is 3.53. The highest BCUT2D eigenvalue weighted by molar-refractivity contribution is 9.12. The Balaban J connectivity index is 4.02. The minimum Gasteiger partial charge on any atom is -0.351 e. The summed E-state index contributed by atoms with van der Waals surface area (Å²) in [5.41, 5.74) is 5.53. The van der Waals surface area contributed by atoms with Crippen LogP contribution in [0.15, 0.2) is 0 Å². The number of rotatable bonds is 8. The minimum atomic E-state index is -0.232. The van der Waals surface area contributed by atoms with E-state index in [2.05, 4.69) is 32.0 Å². The topological polar surface area (TPSA) is 55.1 Å². The molecule has 0 rings (SSSR count). The molecule has 0 spiro atoms. The SMILES string of the molecule is CC(C)(N)CCC(C)(C)NC(=O)CCCC(Cl)C#CBr. The Bertz CT molecular complexity index is 366. The van der Waals surface area contributed by atoms with Crippen LogP contribution in [0.3, 0.4) is 0 Å². The predicted molar refractivity (Wildman–Crippen MR) is 89.9 cm³/mol. The van der Waals surface area contributed by atoms with Gasteiger partial charge in [-0.15, -0.1) is 11.6 Å². The minimum absolute atomic E-state index is 0.0560. The quantitative estimate of drug-likeness (QED) is 0.510. The monoisotopic (exact) mass is 364 g/mol. The van der Waals surface area contributed by atoms with Gasteiger partial charge in [0.05, 0.1) is 5.38 Å². The summed E-state index contributed by atoms with van der Waals surface area (Å²) >= 11 is 8.96. The molecule has 1 unspecified atom stereocenters. The highest BCUT2D eigenvalue weighted by Gasteiger charge is 2.23. The van der Waals surface area contributed by atoms with Gasteiger partial charge in [0.2, 0.25) is 5.91 Å². The Labute approximate surface area is 136 Å². The standard InChI is InChI=1S/C15H26BrClN2O/c1-14(2,18)9-10-15(3,4)19-13(20)7-5-6-12(17)8-11-16/h12H,5-7,9-10,18H2,1-4H3,(H,19,20). The zero-order chi connectivity index (χ0) is 15.8. The van der Waals surface area contributed by atoms with E-state index >= 15 is 0 Å². The van der Waals surface area contributed by atoms with Gasteiger partial charge in [-0.1, -0.05) is 5.92 Å². The first kappa shape index (κ1) is 19.8. The van der Waals surface area contributed by atoms with Crippen molar-refractivity contribution in [2.75, 3.05) is 0 Å². The second kappa shape index (κ2) is 8.92. The van der Waals surface area contributed by atoms with Gasteiger partial charge in [0.15, 0.2) is 0 Å². The van der Waals surface area contributed by atoms with Gasteiger partial charge in [-0.05, 0) is 58.2 Å². The molecule has 116 valence electrons. The maximum absolute atomic E-state index is 11.9. The van der Waals surface area contributed by atoms with Crippen LogP contribution in [0.4, 0.5) is 0 Å². The zero-order valence-corrected chi connectivity index (χ0v) is 15.2. The van der Waals surface area contributed by atoms with E-state index in [1.54, 1.807) is 0 Å². The molecule has 0 aliphatic rings. The number of halogens is 2. The summed E-state index contributed by atoms with van der Waals surface area (Å²) in [6, 6.07) is 0. The van der Waals surface area contributed by atoms with Crippen LogP contribution >= 0.6 is 27.5 Å². The number of nitrogens with two attached hydrogens (primary N) is 1. The summed E-state index contributed by atoms with van der Waals surface area (Å²) in [6.45, 7) is 8.04. The van der Waals surface area contributed by atoms with Gasteiger partial charge >= 0.3 is 0 Å². The smallest absolute Gasteiger partial charge is 0.220 e. The van der Waals surface area contributed by atoms with Gasteiger partial charge in [0.25, 0.3) is 0 Å². The molecule has 3 nitrogen and oxygen atoms in total. The molecule has 0 aliphatic heterocycles. The third-order valence-corrected chi connectivity index (χ3v) is 3.50.